The summed E-state index contributed by atoms with van der Waals surface area (Å²) in [6.07, 6.45) is 2.34. The molecule has 4 amide bonds. The highest BCUT2D eigenvalue weighted by Crippen LogP contribution is 2.48. The summed E-state index contributed by atoms with van der Waals surface area (Å²) in [7, 11) is 0. The third-order valence-corrected chi connectivity index (χ3v) is 7.50. The zero-order valence-electron chi connectivity index (χ0n) is 21.7. The number of carbonyl (C=O) groups is 3. The lowest BCUT2D eigenvalue weighted by Gasteiger charge is -2.33. The molecule has 38 heavy (non-hydrogen) atoms. The van der Waals surface area contributed by atoms with Crippen LogP contribution in [0.15, 0.2) is 36.4 Å². The molecule has 5 rings (SSSR count). The summed E-state index contributed by atoms with van der Waals surface area (Å²) in [6.45, 7) is 6.62. The number of nitrogens with zero attached hydrogens (tertiary/aromatic N) is 3. The number of nitrogens with one attached hydrogen (secondary N) is 1. The van der Waals surface area contributed by atoms with Crippen molar-refractivity contribution in [2.45, 2.75) is 58.1 Å². The van der Waals surface area contributed by atoms with Gasteiger partial charge >= 0.3 is 12.1 Å². The second-order valence-corrected chi connectivity index (χ2v) is 11.8. The van der Waals surface area contributed by atoms with Crippen molar-refractivity contribution in [1.29, 1.82) is 0 Å². The summed E-state index contributed by atoms with van der Waals surface area (Å²) in [4.78, 5) is 40.8. The first-order valence-corrected chi connectivity index (χ1v) is 13.2. The Kier molecular flexibility index (Phi) is 6.75. The van der Waals surface area contributed by atoms with Gasteiger partial charge in [-0.15, -0.1) is 0 Å². The lowest BCUT2D eigenvalue weighted by atomic mass is 9.80. The van der Waals surface area contributed by atoms with E-state index < -0.39 is 34.9 Å². The van der Waals surface area contributed by atoms with Gasteiger partial charge in [-0.25, -0.2) is 14.0 Å². The van der Waals surface area contributed by atoms with Crippen molar-refractivity contribution in [2.24, 2.45) is 5.41 Å². The van der Waals surface area contributed by atoms with Crippen LogP contribution in [-0.2, 0) is 11.2 Å². The zero-order valence-corrected chi connectivity index (χ0v) is 22.5. The molecule has 2 aromatic carbocycles. The van der Waals surface area contributed by atoms with E-state index in [2.05, 4.69) is 10.6 Å². The van der Waals surface area contributed by atoms with E-state index in [1.54, 1.807) is 20.8 Å². The smallest absolute Gasteiger partial charge is 0.407 e. The van der Waals surface area contributed by atoms with Gasteiger partial charge < -0.3 is 15.0 Å². The average molecular weight is 542 g/mol. The van der Waals surface area contributed by atoms with Crippen LogP contribution in [0.2, 0.25) is 5.02 Å². The van der Waals surface area contributed by atoms with Gasteiger partial charge in [0.15, 0.2) is 0 Å². The van der Waals surface area contributed by atoms with Crippen molar-refractivity contribution in [3.63, 3.8) is 0 Å². The number of hydrogen-bond donors (Lipinski definition) is 1. The van der Waals surface area contributed by atoms with Gasteiger partial charge in [-0.3, -0.25) is 9.69 Å². The first-order valence-electron chi connectivity index (χ1n) is 12.8. The lowest BCUT2D eigenvalue weighted by molar-refractivity contribution is 0.0503. The molecule has 2 aromatic rings. The van der Waals surface area contributed by atoms with Crippen molar-refractivity contribution in [1.82, 2.24) is 10.6 Å². The Hall–Kier alpha value is -3.33. The average Bonchev–Trinajstić information content (AvgIpc) is 3.59. The van der Waals surface area contributed by atoms with Crippen molar-refractivity contribution in [3.8, 4) is 0 Å². The number of imide groups is 1. The Morgan fingerprint density at radius 2 is 1.92 bits per heavy atom. The molecule has 1 saturated heterocycles. The number of benzene rings is 2. The number of alkyl carbamates (subject to hydrolysis) is 1. The van der Waals surface area contributed by atoms with Crippen LogP contribution in [0.25, 0.3) is 0 Å². The lowest BCUT2D eigenvalue weighted by Crippen LogP contribution is -2.46. The molecule has 8 nitrogen and oxygen atoms in total. The van der Waals surface area contributed by atoms with E-state index in [0.717, 1.165) is 24.5 Å². The fourth-order valence-electron chi connectivity index (χ4n) is 5.33. The van der Waals surface area contributed by atoms with E-state index in [1.165, 1.54) is 4.90 Å². The van der Waals surface area contributed by atoms with Gasteiger partial charge in [0, 0.05) is 31.1 Å². The third-order valence-electron chi connectivity index (χ3n) is 7.14. The highest BCUT2D eigenvalue weighted by molar-refractivity contribution is 6.38. The monoisotopic (exact) mass is 541 g/mol. The zero-order chi connectivity index (χ0) is 27.2. The number of carbonyl (C=O) groups excluding carboxylic acids is 3. The number of hydrogen-bond acceptors (Lipinski definition) is 5. The maximum Gasteiger partial charge on any atom is 0.407 e. The summed E-state index contributed by atoms with van der Waals surface area (Å²) in [6, 6.07) is 10.3. The highest BCUT2D eigenvalue weighted by atomic mass is 35.5. The number of rotatable bonds is 6. The fraction of sp³-hybridized carbons (Fsp3) is 0.464. The van der Waals surface area contributed by atoms with Crippen LogP contribution in [0, 0.1) is 11.2 Å². The minimum absolute atomic E-state index is 0.00379. The molecule has 1 saturated carbocycles. The molecule has 1 aliphatic carbocycles. The van der Waals surface area contributed by atoms with Gasteiger partial charge in [-0.2, -0.15) is 5.32 Å². The summed E-state index contributed by atoms with van der Waals surface area (Å²) < 4.78 is 21.0. The van der Waals surface area contributed by atoms with Crippen LogP contribution in [0.4, 0.5) is 25.4 Å². The van der Waals surface area contributed by atoms with E-state index in [9.17, 15) is 14.4 Å². The second kappa shape index (κ2) is 9.76. The minimum Gasteiger partial charge on any atom is -0.444 e. The molecule has 1 atom stereocenters. The fourth-order valence-corrected chi connectivity index (χ4v) is 5.74. The minimum atomic E-state index is -0.782. The largest absolute Gasteiger partial charge is 0.444 e. The van der Waals surface area contributed by atoms with Crippen LogP contribution >= 0.6 is 11.6 Å². The normalized spacial score (nSPS) is 21.3. The van der Waals surface area contributed by atoms with Gasteiger partial charge in [-0.05, 0) is 58.1 Å². The molecular weight excluding hydrogens is 511 g/mol. The van der Waals surface area contributed by atoms with E-state index >= 15 is 4.39 Å². The van der Waals surface area contributed by atoms with Crippen LogP contribution in [0.5, 0.6) is 0 Å². The Morgan fingerprint density at radius 3 is 2.58 bits per heavy atom. The molecule has 3 aliphatic rings. The molecule has 2 fully saturated rings. The maximum absolute atomic E-state index is 15.6. The molecule has 2 aliphatic heterocycles. The van der Waals surface area contributed by atoms with Gasteiger partial charge in [-0.1, -0.05) is 41.9 Å². The van der Waals surface area contributed by atoms with Crippen LogP contribution < -0.4 is 20.4 Å². The predicted molar refractivity (Wildman–Crippen MR) is 142 cm³/mol. The number of halogens is 2. The Bertz CT molecular complexity index is 1280. The van der Waals surface area contributed by atoms with Gasteiger partial charge in [0.25, 0.3) is 5.91 Å². The number of urea groups is 1. The van der Waals surface area contributed by atoms with Crippen LogP contribution in [0.1, 0.15) is 56.0 Å². The molecule has 10 heteroatoms. The molecule has 0 spiro atoms. The van der Waals surface area contributed by atoms with Crippen molar-refractivity contribution < 1.29 is 23.5 Å². The molecule has 1 radical (unpaired) electrons. The summed E-state index contributed by atoms with van der Waals surface area (Å²) in [5.41, 5.74) is 0.432. The van der Waals surface area contributed by atoms with Crippen LogP contribution in [-0.4, -0.2) is 49.3 Å². The summed E-state index contributed by atoms with van der Waals surface area (Å²) in [5, 5.41) is 6.52. The summed E-state index contributed by atoms with van der Waals surface area (Å²) in [5.74, 6) is -1.42. The number of anilines is 2. The molecule has 0 aromatic heterocycles. The Morgan fingerprint density at radius 1 is 1.21 bits per heavy atom. The van der Waals surface area contributed by atoms with Gasteiger partial charge in [0.1, 0.15) is 11.4 Å². The highest BCUT2D eigenvalue weighted by Gasteiger charge is 2.45. The molecular formula is C28H31ClFN4O4. The second-order valence-electron chi connectivity index (χ2n) is 11.4. The van der Waals surface area contributed by atoms with Gasteiger partial charge in [0.2, 0.25) is 0 Å². The maximum atomic E-state index is 15.6. The quantitative estimate of drug-likeness (QED) is 0.536. The van der Waals surface area contributed by atoms with E-state index in [4.69, 9.17) is 16.3 Å². The topological polar surface area (TPSA) is 93.1 Å². The first-order chi connectivity index (χ1) is 18.0. The number of ether oxygens (including phenoxy) is 1. The van der Waals surface area contributed by atoms with E-state index in [1.807, 2.05) is 35.2 Å². The SMILES string of the molecule is CC(C)(C)OC(=O)NCC1(Cc2ccccc2)CCN(c2c(F)cc3c(c2Cl)N(C2CC2)C(=O)[N]C3=O)C1. The molecule has 201 valence electrons. The predicted octanol–water partition coefficient (Wildman–Crippen LogP) is 5.29. The Labute approximate surface area is 226 Å². The van der Waals surface area contributed by atoms with Crippen molar-refractivity contribution in [3.05, 3.63) is 58.4 Å². The van der Waals surface area contributed by atoms with Crippen molar-refractivity contribution in [2.75, 3.05) is 29.4 Å². The number of amides is 4. The Balaban J connectivity index is 1.46. The van der Waals surface area contributed by atoms with E-state index in [0.29, 0.717) is 32.5 Å². The van der Waals surface area contributed by atoms with Crippen LogP contribution in [0.3, 0.4) is 0 Å². The molecule has 0 bridgehead atoms. The molecule has 1 N–H and O–H groups in total. The third kappa shape index (κ3) is 5.29. The van der Waals surface area contributed by atoms with Gasteiger partial charge in [0.05, 0.1) is 22.0 Å². The standard InChI is InChI=1S/C28H31ClFN4O4/c1-27(2,3)38-26(37)31-15-28(14-17-7-5-4-6-8-17)11-12-33(16-28)23-20(30)13-19-22(21(23)29)34(18-9-10-18)25(36)32-24(19)35/h4-8,13,18H,9-12,14-16H2,1-3H3,(H,31,37). The molecule has 2 heterocycles. The first kappa shape index (κ1) is 26.3. The summed E-state index contributed by atoms with van der Waals surface area (Å²) >= 11 is 6.80. The van der Waals surface area contributed by atoms with Crippen molar-refractivity contribution >= 4 is 41.0 Å². The molecule has 1 unspecified atom stereocenters. The number of fused-ring (bicyclic) bond motifs is 1. The van der Waals surface area contributed by atoms with E-state index in [-0.39, 0.29) is 28.0 Å².